The number of aldehydes is 1. The Morgan fingerprint density at radius 2 is 1.87 bits per heavy atom. The van der Waals surface area contributed by atoms with Crippen LogP contribution in [-0.4, -0.2) is 18.9 Å². The number of carbonyl (C=O) groups is 2. The Hall–Kier alpha value is -0.860. The van der Waals surface area contributed by atoms with Crippen LogP contribution >= 0.6 is 0 Å². The maximum Gasteiger partial charge on any atom is 0.305 e. The van der Waals surface area contributed by atoms with Gasteiger partial charge in [0.1, 0.15) is 6.29 Å². The minimum atomic E-state index is -0.127. The molecule has 0 radical (unpaired) electrons. The van der Waals surface area contributed by atoms with Gasteiger partial charge in [-0.15, -0.1) is 0 Å². The summed E-state index contributed by atoms with van der Waals surface area (Å²) in [4.78, 5) is 21.1. The van der Waals surface area contributed by atoms with Crippen molar-refractivity contribution < 1.29 is 14.3 Å². The zero-order valence-corrected chi connectivity index (χ0v) is 9.67. The maximum atomic E-state index is 11.1. The standard InChI is InChI=1S/C12H22O3/c1-2-3-4-5-6-9-12(14)15-11-8-7-10-13/h10H,2-9,11H2,1H3. The third-order valence-electron chi connectivity index (χ3n) is 2.21. The van der Waals surface area contributed by atoms with Gasteiger partial charge in [0.05, 0.1) is 6.61 Å². The zero-order valence-electron chi connectivity index (χ0n) is 9.67. The van der Waals surface area contributed by atoms with Crippen LogP contribution in [0.25, 0.3) is 0 Å². The molecular formula is C12H22O3. The van der Waals surface area contributed by atoms with E-state index in [2.05, 4.69) is 6.92 Å². The van der Waals surface area contributed by atoms with Crippen molar-refractivity contribution >= 4 is 12.3 Å². The molecule has 0 aliphatic rings. The van der Waals surface area contributed by atoms with Gasteiger partial charge in [-0.3, -0.25) is 4.79 Å². The summed E-state index contributed by atoms with van der Waals surface area (Å²) in [6, 6.07) is 0. The summed E-state index contributed by atoms with van der Waals surface area (Å²) in [5.74, 6) is -0.127. The van der Waals surface area contributed by atoms with Crippen molar-refractivity contribution in [2.24, 2.45) is 0 Å². The molecule has 0 aliphatic carbocycles. The van der Waals surface area contributed by atoms with Gasteiger partial charge in [-0.25, -0.2) is 0 Å². The first-order valence-corrected chi connectivity index (χ1v) is 5.90. The van der Waals surface area contributed by atoms with Crippen LogP contribution < -0.4 is 0 Å². The lowest BCUT2D eigenvalue weighted by molar-refractivity contribution is -0.144. The van der Waals surface area contributed by atoms with E-state index < -0.39 is 0 Å². The van der Waals surface area contributed by atoms with Gasteiger partial charge in [0, 0.05) is 12.8 Å². The van der Waals surface area contributed by atoms with E-state index in [1.165, 1.54) is 19.3 Å². The molecule has 88 valence electrons. The first-order valence-electron chi connectivity index (χ1n) is 5.90. The van der Waals surface area contributed by atoms with E-state index in [-0.39, 0.29) is 5.97 Å². The molecule has 0 saturated carbocycles. The summed E-state index contributed by atoms with van der Waals surface area (Å²) < 4.78 is 4.95. The molecule has 0 aromatic rings. The van der Waals surface area contributed by atoms with E-state index in [1.807, 2.05) is 0 Å². The maximum absolute atomic E-state index is 11.1. The largest absolute Gasteiger partial charge is 0.466 e. The number of carbonyl (C=O) groups excluding carboxylic acids is 2. The highest BCUT2D eigenvalue weighted by Crippen LogP contribution is 2.05. The number of unbranched alkanes of at least 4 members (excludes halogenated alkanes) is 5. The molecule has 0 spiro atoms. The number of esters is 1. The Balaban J connectivity index is 3.15. The van der Waals surface area contributed by atoms with Crippen LogP contribution in [0.1, 0.15) is 58.3 Å². The fourth-order valence-corrected chi connectivity index (χ4v) is 1.30. The molecule has 0 heterocycles. The van der Waals surface area contributed by atoms with Crippen molar-refractivity contribution in [1.82, 2.24) is 0 Å². The number of rotatable bonds is 10. The summed E-state index contributed by atoms with van der Waals surface area (Å²) in [5.41, 5.74) is 0. The van der Waals surface area contributed by atoms with E-state index in [0.717, 1.165) is 19.1 Å². The smallest absolute Gasteiger partial charge is 0.305 e. The molecule has 0 saturated heterocycles. The topological polar surface area (TPSA) is 43.4 Å². The van der Waals surface area contributed by atoms with Gasteiger partial charge in [0.2, 0.25) is 0 Å². The second-order valence-electron chi connectivity index (χ2n) is 3.69. The molecule has 0 aliphatic heterocycles. The van der Waals surface area contributed by atoms with Crippen molar-refractivity contribution in [3.05, 3.63) is 0 Å². The molecule has 0 fully saturated rings. The minimum absolute atomic E-state index is 0.127. The van der Waals surface area contributed by atoms with Crippen molar-refractivity contribution in [3.8, 4) is 0 Å². The molecule has 0 aromatic carbocycles. The van der Waals surface area contributed by atoms with Gasteiger partial charge in [0.15, 0.2) is 0 Å². The average Bonchev–Trinajstić information content (AvgIpc) is 2.24. The predicted molar refractivity (Wildman–Crippen MR) is 59.6 cm³/mol. The molecule has 0 N–H and O–H groups in total. The molecule has 0 amide bonds. The van der Waals surface area contributed by atoms with Gasteiger partial charge < -0.3 is 9.53 Å². The molecule has 0 bridgehead atoms. The van der Waals surface area contributed by atoms with E-state index in [1.54, 1.807) is 0 Å². The van der Waals surface area contributed by atoms with Crippen molar-refractivity contribution in [2.45, 2.75) is 58.3 Å². The van der Waals surface area contributed by atoms with E-state index >= 15 is 0 Å². The molecule has 0 rings (SSSR count). The van der Waals surface area contributed by atoms with Gasteiger partial charge in [-0.1, -0.05) is 32.6 Å². The molecular weight excluding hydrogens is 192 g/mol. The monoisotopic (exact) mass is 214 g/mol. The van der Waals surface area contributed by atoms with Gasteiger partial charge in [-0.2, -0.15) is 0 Å². The lowest BCUT2D eigenvalue weighted by Crippen LogP contribution is -2.05. The van der Waals surface area contributed by atoms with Crippen molar-refractivity contribution in [2.75, 3.05) is 6.61 Å². The Morgan fingerprint density at radius 3 is 2.53 bits per heavy atom. The molecule has 15 heavy (non-hydrogen) atoms. The Bertz CT molecular complexity index is 166. The predicted octanol–water partition coefficient (Wildman–Crippen LogP) is 2.87. The van der Waals surface area contributed by atoms with Crippen LogP contribution in [0.2, 0.25) is 0 Å². The molecule has 0 atom stereocenters. The third-order valence-corrected chi connectivity index (χ3v) is 2.21. The Kier molecular flexibility index (Phi) is 10.6. The van der Waals surface area contributed by atoms with Crippen molar-refractivity contribution in [1.29, 1.82) is 0 Å². The van der Waals surface area contributed by atoms with Gasteiger partial charge in [0.25, 0.3) is 0 Å². The summed E-state index contributed by atoms with van der Waals surface area (Å²) >= 11 is 0. The zero-order chi connectivity index (χ0) is 11.4. The SMILES string of the molecule is CCCCCCCC(=O)OCCCC=O. The highest BCUT2D eigenvalue weighted by atomic mass is 16.5. The highest BCUT2D eigenvalue weighted by molar-refractivity contribution is 5.69. The lowest BCUT2D eigenvalue weighted by atomic mass is 10.1. The van der Waals surface area contributed by atoms with E-state index in [0.29, 0.717) is 25.9 Å². The first-order chi connectivity index (χ1) is 7.31. The molecule has 0 unspecified atom stereocenters. The summed E-state index contributed by atoms with van der Waals surface area (Å²) in [7, 11) is 0. The van der Waals surface area contributed by atoms with Crippen LogP contribution in [0.5, 0.6) is 0 Å². The second-order valence-corrected chi connectivity index (χ2v) is 3.69. The summed E-state index contributed by atoms with van der Waals surface area (Å²) in [5, 5.41) is 0. The third kappa shape index (κ3) is 11.1. The Labute approximate surface area is 92.2 Å². The Morgan fingerprint density at radius 1 is 1.13 bits per heavy atom. The van der Waals surface area contributed by atoms with Gasteiger partial charge in [-0.05, 0) is 12.8 Å². The molecule has 3 heteroatoms. The number of ether oxygens (including phenoxy) is 1. The van der Waals surface area contributed by atoms with Crippen LogP contribution in [0, 0.1) is 0 Å². The van der Waals surface area contributed by atoms with Crippen LogP contribution in [0.4, 0.5) is 0 Å². The van der Waals surface area contributed by atoms with Crippen LogP contribution in [0.15, 0.2) is 0 Å². The summed E-state index contributed by atoms with van der Waals surface area (Å²) in [6.07, 6.45) is 8.18. The number of hydrogen-bond acceptors (Lipinski definition) is 3. The fraction of sp³-hybridized carbons (Fsp3) is 0.833. The quantitative estimate of drug-likeness (QED) is 0.319. The summed E-state index contributed by atoms with van der Waals surface area (Å²) in [6.45, 7) is 2.55. The van der Waals surface area contributed by atoms with E-state index in [9.17, 15) is 9.59 Å². The average molecular weight is 214 g/mol. The lowest BCUT2D eigenvalue weighted by Gasteiger charge is -2.03. The van der Waals surface area contributed by atoms with Crippen molar-refractivity contribution in [3.63, 3.8) is 0 Å². The van der Waals surface area contributed by atoms with Gasteiger partial charge >= 0.3 is 5.97 Å². The van der Waals surface area contributed by atoms with Crippen LogP contribution in [0.3, 0.4) is 0 Å². The normalized spacial score (nSPS) is 9.93. The van der Waals surface area contributed by atoms with Crippen LogP contribution in [-0.2, 0) is 14.3 Å². The first kappa shape index (κ1) is 14.1. The molecule has 3 nitrogen and oxygen atoms in total. The second kappa shape index (κ2) is 11.2. The molecule has 0 aromatic heterocycles. The highest BCUT2D eigenvalue weighted by Gasteiger charge is 2.01. The number of hydrogen-bond donors (Lipinski definition) is 0. The van der Waals surface area contributed by atoms with E-state index in [4.69, 9.17) is 4.74 Å². The minimum Gasteiger partial charge on any atom is -0.466 e. The fourth-order valence-electron chi connectivity index (χ4n) is 1.30.